The Hall–Kier alpha value is -8.72. The Balaban J connectivity index is 0.874. The van der Waals surface area contributed by atoms with Crippen LogP contribution >= 0.6 is 0 Å². The molecule has 0 bridgehead atoms. The summed E-state index contributed by atoms with van der Waals surface area (Å²) in [5.74, 6) is 0. The molecule has 2 heterocycles. The third kappa shape index (κ3) is 5.57. The van der Waals surface area contributed by atoms with Crippen molar-refractivity contribution in [2.75, 3.05) is 0 Å². The van der Waals surface area contributed by atoms with Gasteiger partial charge in [-0.2, -0.15) is 0 Å². The van der Waals surface area contributed by atoms with Gasteiger partial charge in [0.15, 0.2) is 0 Å². The van der Waals surface area contributed by atoms with Crippen LogP contribution < -0.4 is 0 Å². The van der Waals surface area contributed by atoms with Crippen LogP contribution in [0.3, 0.4) is 0 Å². The van der Waals surface area contributed by atoms with Crippen molar-refractivity contribution >= 4 is 67.9 Å². The SMILES string of the molecule is C(=C\c1ccc2c(c1)c1ccccc1n2-c1ccccc1)/c1ccc2c(c1)C1(c3ccccc3-c3ccccc31)c1cc(/C=C/c3ccc4c(c3)c3ccccc3n4-c3ccccc3)ccc1-2. The molecule has 0 radical (unpaired) electrons. The van der Waals surface area contributed by atoms with Crippen molar-refractivity contribution in [2.45, 2.75) is 5.41 Å². The van der Waals surface area contributed by atoms with Crippen molar-refractivity contribution in [3.63, 3.8) is 0 Å². The van der Waals surface area contributed by atoms with Crippen LogP contribution in [0.2, 0.25) is 0 Å². The number of hydrogen-bond donors (Lipinski definition) is 0. The van der Waals surface area contributed by atoms with Gasteiger partial charge in [0.25, 0.3) is 0 Å². The smallest absolute Gasteiger partial charge is 0.0725 e. The molecule has 0 aliphatic heterocycles. The summed E-state index contributed by atoms with van der Waals surface area (Å²) in [6, 6.07) is 84.9. The fraction of sp³-hybridized carbons (Fsp3) is 0.0154. The average Bonchev–Trinajstić information content (AvgIpc) is 4.09. The molecule has 2 aromatic heterocycles. The van der Waals surface area contributed by atoms with Crippen LogP contribution in [-0.4, -0.2) is 9.13 Å². The molecule has 2 nitrogen and oxygen atoms in total. The van der Waals surface area contributed by atoms with Crippen molar-refractivity contribution in [3.05, 3.63) is 275 Å². The second-order valence-electron chi connectivity index (χ2n) is 18.0. The normalized spacial score (nSPS) is 13.4. The van der Waals surface area contributed by atoms with Crippen molar-refractivity contribution in [1.82, 2.24) is 9.13 Å². The lowest BCUT2D eigenvalue weighted by atomic mass is 9.70. The molecule has 2 aliphatic carbocycles. The van der Waals surface area contributed by atoms with Gasteiger partial charge < -0.3 is 9.13 Å². The minimum Gasteiger partial charge on any atom is -0.309 e. The fourth-order valence-electron chi connectivity index (χ4n) is 11.7. The van der Waals surface area contributed by atoms with Gasteiger partial charge in [0.05, 0.1) is 27.5 Å². The average molecular weight is 851 g/mol. The summed E-state index contributed by atoms with van der Waals surface area (Å²) < 4.78 is 4.75. The first-order chi connectivity index (χ1) is 33.2. The van der Waals surface area contributed by atoms with Gasteiger partial charge in [-0.3, -0.25) is 0 Å². The summed E-state index contributed by atoms with van der Waals surface area (Å²) in [6.07, 6.45) is 9.15. The van der Waals surface area contributed by atoms with Gasteiger partial charge >= 0.3 is 0 Å². The quantitative estimate of drug-likeness (QED) is 0.148. The molecular formula is C65H42N2. The third-order valence-electron chi connectivity index (χ3n) is 14.5. The Bertz CT molecular complexity index is 3760. The maximum atomic E-state index is 2.46. The van der Waals surface area contributed by atoms with Gasteiger partial charge in [-0.15, -0.1) is 0 Å². The Labute approximate surface area is 389 Å². The molecule has 312 valence electrons. The number of benzene rings is 10. The van der Waals surface area contributed by atoms with Crippen LogP contribution in [-0.2, 0) is 5.41 Å². The van der Waals surface area contributed by atoms with Crippen molar-refractivity contribution in [2.24, 2.45) is 0 Å². The lowest BCUT2D eigenvalue weighted by Gasteiger charge is -2.30. The summed E-state index contributed by atoms with van der Waals surface area (Å²) >= 11 is 0. The largest absolute Gasteiger partial charge is 0.309 e. The summed E-state index contributed by atoms with van der Waals surface area (Å²) in [6.45, 7) is 0. The zero-order valence-corrected chi connectivity index (χ0v) is 36.6. The van der Waals surface area contributed by atoms with Crippen LogP contribution in [0.1, 0.15) is 44.5 Å². The predicted octanol–water partition coefficient (Wildman–Crippen LogP) is 16.6. The van der Waals surface area contributed by atoms with Gasteiger partial charge in [0.2, 0.25) is 0 Å². The van der Waals surface area contributed by atoms with E-state index in [0.29, 0.717) is 0 Å². The lowest BCUT2D eigenvalue weighted by molar-refractivity contribution is 0.793. The third-order valence-corrected chi connectivity index (χ3v) is 14.5. The summed E-state index contributed by atoms with van der Waals surface area (Å²) in [5, 5.41) is 5.03. The van der Waals surface area contributed by atoms with E-state index in [9.17, 15) is 0 Å². The van der Waals surface area contributed by atoms with E-state index in [4.69, 9.17) is 0 Å². The standard InChI is InChI=1S/C65H42N2/c1-3-15-47(16-4-1)66-61-25-13-9-21-53(61)55-39-43(33-37-63(55)66)27-29-45-31-35-51-52-36-32-46(42-60(52)65(59(51)41-45)57-23-11-7-19-49(57)50-20-8-12-24-58(50)65)30-28-44-34-38-64-56(40-44)54-22-10-14-26-62(54)67(64)48-17-5-2-6-18-48/h1-42H/b29-27+,30-28+. The minimum absolute atomic E-state index is 0.456. The summed E-state index contributed by atoms with van der Waals surface area (Å²) in [4.78, 5) is 0. The fourth-order valence-corrected chi connectivity index (χ4v) is 11.7. The highest BCUT2D eigenvalue weighted by atomic mass is 15.0. The van der Waals surface area contributed by atoms with Gasteiger partial charge in [0, 0.05) is 32.9 Å². The Morgan fingerprint density at radius 3 is 1.06 bits per heavy atom. The van der Waals surface area contributed by atoms with E-state index in [1.165, 1.54) is 122 Å². The van der Waals surface area contributed by atoms with Crippen molar-refractivity contribution in [1.29, 1.82) is 0 Å². The molecule has 0 atom stereocenters. The zero-order chi connectivity index (χ0) is 44.1. The van der Waals surface area contributed by atoms with E-state index in [2.05, 4.69) is 264 Å². The molecule has 67 heavy (non-hydrogen) atoms. The van der Waals surface area contributed by atoms with Crippen LogP contribution in [0.15, 0.2) is 231 Å². The lowest BCUT2D eigenvalue weighted by Crippen LogP contribution is -2.26. The first-order valence-corrected chi connectivity index (χ1v) is 23.2. The number of fused-ring (bicyclic) bond motifs is 16. The molecule has 14 rings (SSSR count). The topological polar surface area (TPSA) is 9.86 Å². The molecule has 2 heteroatoms. The molecule has 10 aromatic carbocycles. The first kappa shape index (κ1) is 37.6. The minimum atomic E-state index is -0.456. The number of nitrogens with zero attached hydrogens (tertiary/aromatic N) is 2. The maximum Gasteiger partial charge on any atom is 0.0725 e. The number of aromatic nitrogens is 2. The number of hydrogen-bond acceptors (Lipinski definition) is 0. The van der Waals surface area contributed by atoms with Crippen LogP contribution in [0.5, 0.6) is 0 Å². The van der Waals surface area contributed by atoms with Gasteiger partial charge in [-0.05, 0) is 140 Å². The van der Waals surface area contributed by atoms with Crippen molar-refractivity contribution in [3.8, 4) is 33.6 Å². The molecule has 0 N–H and O–H groups in total. The maximum absolute atomic E-state index is 2.46. The van der Waals surface area contributed by atoms with E-state index in [-0.39, 0.29) is 0 Å². The molecule has 1 spiro atoms. The molecular weight excluding hydrogens is 809 g/mol. The number of rotatable bonds is 6. The monoisotopic (exact) mass is 850 g/mol. The van der Waals surface area contributed by atoms with E-state index < -0.39 is 5.41 Å². The summed E-state index contributed by atoms with van der Waals surface area (Å²) in [7, 11) is 0. The molecule has 0 saturated heterocycles. The van der Waals surface area contributed by atoms with E-state index >= 15 is 0 Å². The Kier molecular flexibility index (Phi) is 8.23. The zero-order valence-electron chi connectivity index (χ0n) is 36.6. The second kappa shape index (κ2) is 14.7. The van der Waals surface area contributed by atoms with Crippen LogP contribution in [0.25, 0.3) is 102 Å². The van der Waals surface area contributed by atoms with E-state index in [1.54, 1.807) is 0 Å². The first-order valence-electron chi connectivity index (χ1n) is 23.2. The molecule has 12 aromatic rings. The highest BCUT2D eigenvalue weighted by Crippen LogP contribution is 2.63. The summed E-state index contributed by atoms with van der Waals surface area (Å²) in [5.41, 5.74) is 22.0. The Morgan fingerprint density at radius 1 is 0.254 bits per heavy atom. The number of para-hydroxylation sites is 4. The van der Waals surface area contributed by atoms with Crippen LogP contribution in [0, 0.1) is 0 Å². The second-order valence-corrected chi connectivity index (χ2v) is 18.0. The van der Waals surface area contributed by atoms with E-state index in [0.717, 1.165) is 0 Å². The molecule has 2 aliphatic rings. The molecule has 0 amide bonds. The van der Waals surface area contributed by atoms with Gasteiger partial charge in [0.1, 0.15) is 0 Å². The van der Waals surface area contributed by atoms with Gasteiger partial charge in [-0.1, -0.05) is 182 Å². The highest BCUT2D eigenvalue weighted by Gasteiger charge is 2.51. The highest BCUT2D eigenvalue weighted by molar-refractivity contribution is 6.11. The predicted molar refractivity (Wildman–Crippen MR) is 282 cm³/mol. The van der Waals surface area contributed by atoms with Crippen molar-refractivity contribution < 1.29 is 0 Å². The van der Waals surface area contributed by atoms with Gasteiger partial charge in [-0.25, -0.2) is 0 Å². The van der Waals surface area contributed by atoms with Crippen LogP contribution in [0.4, 0.5) is 0 Å². The molecule has 0 unspecified atom stereocenters. The Morgan fingerprint density at radius 2 is 0.597 bits per heavy atom. The van der Waals surface area contributed by atoms with E-state index in [1.807, 2.05) is 0 Å². The molecule has 0 fully saturated rings. The molecule has 0 saturated carbocycles.